The molecule has 0 atom stereocenters. The zero-order valence-corrected chi connectivity index (χ0v) is 18.6. The van der Waals surface area contributed by atoms with E-state index in [1.165, 1.54) is 5.56 Å². The molecule has 168 valence electrons. The standard InChI is InChI=1S/C25H25N5O3/c1-17(2)19-5-7-20(8-6-19)24-29-23(33-30-24)10-9-22(31)28-25-21(4-3-13-27-25)32-16-18-11-14-26-15-12-18/h3-8,11-15,17H,9-10,16H2,1-2H3,(H,27,28,31). The second-order valence-corrected chi connectivity index (χ2v) is 7.83. The molecule has 8 nitrogen and oxygen atoms in total. The quantitative estimate of drug-likeness (QED) is 0.396. The number of rotatable bonds is 9. The number of carbonyl (C=O) groups is 1. The molecule has 0 aliphatic carbocycles. The second kappa shape index (κ2) is 10.5. The Balaban J connectivity index is 1.32. The van der Waals surface area contributed by atoms with Crippen LogP contribution in [0.15, 0.2) is 71.6 Å². The molecular weight excluding hydrogens is 418 g/mol. The van der Waals surface area contributed by atoms with Gasteiger partial charge in [-0.25, -0.2) is 4.98 Å². The summed E-state index contributed by atoms with van der Waals surface area (Å²) >= 11 is 0. The normalized spacial score (nSPS) is 10.9. The minimum absolute atomic E-state index is 0.175. The van der Waals surface area contributed by atoms with Crippen molar-refractivity contribution in [2.24, 2.45) is 0 Å². The number of ether oxygens (including phenoxy) is 1. The summed E-state index contributed by atoms with van der Waals surface area (Å²) in [6, 6.07) is 15.3. The number of nitrogens with one attached hydrogen (secondary N) is 1. The molecule has 0 saturated carbocycles. The lowest BCUT2D eigenvalue weighted by Crippen LogP contribution is -2.14. The van der Waals surface area contributed by atoms with Gasteiger partial charge < -0.3 is 14.6 Å². The highest BCUT2D eigenvalue weighted by Gasteiger charge is 2.13. The predicted molar refractivity (Wildman–Crippen MR) is 124 cm³/mol. The van der Waals surface area contributed by atoms with Crippen molar-refractivity contribution in [3.8, 4) is 17.1 Å². The molecule has 0 bridgehead atoms. The van der Waals surface area contributed by atoms with Crippen LogP contribution >= 0.6 is 0 Å². The number of hydrogen-bond donors (Lipinski definition) is 1. The Hall–Kier alpha value is -4.07. The molecule has 8 heteroatoms. The van der Waals surface area contributed by atoms with Crippen LogP contribution in [0.4, 0.5) is 5.82 Å². The lowest BCUT2D eigenvalue weighted by molar-refractivity contribution is -0.116. The van der Waals surface area contributed by atoms with Gasteiger partial charge in [-0.1, -0.05) is 43.3 Å². The molecule has 0 saturated heterocycles. The summed E-state index contributed by atoms with van der Waals surface area (Å²) in [6.07, 6.45) is 5.50. The SMILES string of the molecule is CC(C)c1ccc(-c2noc(CCC(=O)Nc3ncccc3OCc3ccncc3)n2)cc1. The molecule has 0 unspecified atom stereocenters. The predicted octanol–water partition coefficient (Wildman–Crippen LogP) is 4.80. The largest absolute Gasteiger partial charge is 0.485 e. The van der Waals surface area contributed by atoms with Gasteiger partial charge in [0.15, 0.2) is 11.6 Å². The average molecular weight is 444 g/mol. The molecule has 0 spiro atoms. The fourth-order valence-corrected chi connectivity index (χ4v) is 3.15. The zero-order chi connectivity index (χ0) is 23.0. The number of amides is 1. The maximum atomic E-state index is 12.5. The number of benzene rings is 1. The van der Waals surface area contributed by atoms with Crippen LogP contribution in [0.3, 0.4) is 0 Å². The summed E-state index contributed by atoms with van der Waals surface area (Å²) in [5.74, 6) is 2.02. The van der Waals surface area contributed by atoms with Crippen LogP contribution in [0.5, 0.6) is 5.75 Å². The van der Waals surface area contributed by atoms with Crippen molar-refractivity contribution in [2.45, 2.75) is 39.2 Å². The summed E-state index contributed by atoms with van der Waals surface area (Å²) in [4.78, 5) is 25.1. The summed E-state index contributed by atoms with van der Waals surface area (Å²) < 4.78 is 11.1. The summed E-state index contributed by atoms with van der Waals surface area (Å²) in [5, 5.41) is 6.83. The van der Waals surface area contributed by atoms with E-state index >= 15 is 0 Å². The molecular formula is C25H25N5O3. The Morgan fingerprint density at radius 1 is 1.06 bits per heavy atom. The lowest BCUT2D eigenvalue weighted by Gasteiger charge is -2.11. The molecule has 1 amide bonds. The maximum absolute atomic E-state index is 12.5. The van der Waals surface area contributed by atoms with E-state index in [1.54, 1.807) is 30.7 Å². The molecule has 4 aromatic rings. The van der Waals surface area contributed by atoms with E-state index in [1.807, 2.05) is 24.3 Å². The fourth-order valence-electron chi connectivity index (χ4n) is 3.15. The molecule has 3 aromatic heterocycles. The Kier molecular flexibility index (Phi) is 7.04. The van der Waals surface area contributed by atoms with Crippen LogP contribution in [-0.4, -0.2) is 26.0 Å². The van der Waals surface area contributed by atoms with Crippen LogP contribution < -0.4 is 10.1 Å². The molecule has 0 radical (unpaired) electrons. The van der Waals surface area contributed by atoms with E-state index in [9.17, 15) is 4.79 Å². The van der Waals surface area contributed by atoms with E-state index in [0.29, 0.717) is 42.2 Å². The molecule has 3 heterocycles. The van der Waals surface area contributed by atoms with Gasteiger partial charge in [-0.2, -0.15) is 4.98 Å². The number of aryl methyl sites for hydroxylation is 1. The number of carbonyl (C=O) groups excluding carboxylic acids is 1. The van der Waals surface area contributed by atoms with Crippen LogP contribution in [0.2, 0.25) is 0 Å². The minimum Gasteiger partial charge on any atom is -0.485 e. The Bertz CT molecular complexity index is 1190. The molecule has 0 fully saturated rings. The fraction of sp³-hybridized carbons (Fsp3) is 0.240. The van der Waals surface area contributed by atoms with E-state index < -0.39 is 0 Å². The van der Waals surface area contributed by atoms with Gasteiger partial charge in [-0.3, -0.25) is 9.78 Å². The van der Waals surface area contributed by atoms with Gasteiger partial charge in [-0.15, -0.1) is 0 Å². The summed E-state index contributed by atoms with van der Waals surface area (Å²) in [5.41, 5.74) is 3.10. The molecule has 1 N–H and O–H groups in total. The highest BCUT2D eigenvalue weighted by Crippen LogP contribution is 2.23. The van der Waals surface area contributed by atoms with E-state index in [-0.39, 0.29) is 12.3 Å². The number of anilines is 1. The third-order valence-corrected chi connectivity index (χ3v) is 5.04. The Morgan fingerprint density at radius 3 is 2.61 bits per heavy atom. The van der Waals surface area contributed by atoms with Crippen LogP contribution in [0.1, 0.15) is 43.2 Å². The summed E-state index contributed by atoms with van der Waals surface area (Å²) in [7, 11) is 0. The van der Waals surface area contributed by atoms with Gasteiger partial charge in [0.2, 0.25) is 17.6 Å². The Morgan fingerprint density at radius 2 is 1.85 bits per heavy atom. The van der Waals surface area contributed by atoms with Crippen molar-refractivity contribution in [3.05, 3.63) is 84.1 Å². The number of pyridine rings is 2. The van der Waals surface area contributed by atoms with E-state index in [0.717, 1.165) is 11.1 Å². The van der Waals surface area contributed by atoms with Gasteiger partial charge in [-0.05, 0) is 41.3 Å². The van der Waals surface area contributed by atoms with Crippen molar-refractivity contribution >= 4 is 11.7 Å². The lowest BCUT2D eigenvalue weighted by atomic mass is 10.0. The highest BCUT2D eigenvalue weighted by molar-refractivity contribution is 5.91. The van der Waals surface area contributed by atoms with E-state index in [4.69, 9.17) is 9.26 Å². The molecule has 33 heavy (non-hydrogen) atoms. The van der Waals surface area contributed by atoms with Crippen LogP contribution in [0.25, 0.3) is 11.4 Å². The molecule has 0 aliphatic heterocycles. The molecule has 0 aliphatic rings. The van der Waals surface area contributed by atoms with Gasteiger partial charge in [0.25, 0.3) is 0 Å². The number of aromatic nitrogens is 4. The smallest absolute Gasteiger partial charge is 0.227 e. The first kappa shape index (κ1) is 22.1. The topological polar surface area (TPSA) is 103 Å². The first-order valence-corrected chi connectivity index (χ1v) is 10.8. The number of nitrogens with zero attached hydrogens (tertiary/aromatic N) is 4. The van der Waals surface area contributed by atoms with Gasteiger partial charge >= 0.3 is 0 Å². The van der Waals surface area contributed by atoms with Crippen molar-refractivity contribution in [1.82, 2.24) is 20.1 Å². The van der Waals surface area contributed by atoms with Crippen molar-refractivity contribution in [1.29, 1.82) is 0 Å². The number of hydrogen-bond acceptors (Lipinski definition) is 7. The monoisotopic (exact) mass is 443 g/mol. The first-order valence-electron chi connectivity index (χ1n) is 10.8. The average Bonchev–Trinajstić information content (AvgIpc) is 3.32. The third-order valence-electron chi connectivity index (χ3n) is 5.04. The highest BCUT2D eigenvalue weighted by atomic mass is 16.5. The van der Waals surface area contributed by atoms with Crippen molar-refractivity contribution in [2.75, 3.05) is 5.32 Å². The van der Waals surface area contributed by atoms with Crippen LogP contribution in [0, 0.1) is 0 Å². The first-order chi connectivity index (χ1) is 16.1. The molecule has 4 rings (SSSR count). The Labute approximate surface area is 192 Å². The van der Waals surface area contributed by atoms with Crippen molar-refractivity contribution < 1.29 is 14.1 Å². The zero-order valence-electron chi connectivity index (χ0n) is 18.6. The minimum atomic E-state index is -0.219. The molecule has 1 aromatic carbocycles. The van der Waals surface area contributed by atoms with Crippen LogP contribution in [-0.2, 0) is 17.8 Å². The van der Waals surface area contributed by atoms with E-state index in [2.05, 4.69) is 51.4 Å². The van der Waals surface area contributed by atoms with Gasteiger partial charge in [0.1, 0.15) is 6.61 Å². The summed E-state index contributed by atoms with van der Waals surface area (Å²) in [6.45, 7) is 4.64. The maximum Gasteiger partial charge on any atom is 0.227 e. The van der Waals surface area contributed by atoms with Gasteiger partial charge in [0, 0.05) is 37.0 Å². The second-order valence-electron chi connectivity index (χ2n) is 7.83. The van der Waals surface area contributed by atoms with Gasteiger partial charge in [0.05, 0.1) is 0 Å². The third kappa shape index (κ3) is 6.00. The van der Waals surface area contributed by atoms with Crippen molar-refractivity contribution in [3.63, 3.8) is 0 Å².